The summed E-state index contributed by atoms with van der Waals surface area (Å²) in [5.41, 5.74) is 6.44. The van der Waals surface area contributed by atoms with E-state index in [9.17, 15) is 0 Å². The molecule has 0 bridgehead atoms. The highest BCUT2D eigenvalue weighted by molar-refractivity contribution is 5.15. The highest BCUT2D eigenvalue weighted by Crippen LogP contribution is 2.24. The van der Waals surface area contributed by atoms with Crippen LogP contribution < -0.4 is 5.73 Å². The molecule has 0 fully saturated rings. The van der Waals surface area contributed by atoms with Crippen LogP contribution in [-0.4, -0.2) is 16.9 Å². The van der Waals surface area contributed by atoms with Gasteiger partial charge in [-0.25, -0.2) is 0 Å². The van der Waals surface area contributed by atoms with Crippen molar-refractivity contribution in [1.29, 1.82) is 0 Å². The van der Waals surface area contributed by atoms with Gasteiger partial charge in [-0.2, -0.15) is 0 Å². The molecule has 0 aliphatic heterocycles. The molecule has 4 nitrogen and oxygen atoms in total. The first kappa shape index (κ1) is 11.2. The standard InChI is InChI=1S/C10H18N2O2/c1-10(2,3)9-6-8(12-14-9)7(11)4-5-13/h6-7,13H,4-5,11H2,1-3H3. The Kier molecular flexibility index (Phi) is 3.29. The van der Waals surface area contributed by atoms with E-state index in [0.717, 1.165) is 5.76 Å². The minimum Gasteiger partial charge on any atom is -0.396 e. The second kappa shape index (κ2) is 4.11. The van der Waals surface area contributed by atoms with Crippen LogP contribution in [0.4, 0.5) is 0 Å². The zero-order valence-corrected chi connectivity index (χ0v) is 8.95. The third-order valence-corrected chi connectivity index (χ3v) is 2.09. The maximum absolute atomic E-state index is 8.73. The van der Waals surface area contributed by atoms with E-state index < -0.39 is 0 Å². The maximum Gasteiger partial charge on any atom is 0.142 e. The van der Waals surface area contributed by atoms with Crippen LogP contribution in [0.3, 0.4) is 0 Å². The van der Waals surface area contributed by atoms with Gasteiger partial charge in [0, 0.05) is 18.1 Å². The monoisotopic (exact) mass is 198 g/mol. The third kappa shape index (κ3) is 2.56. The van der Waals surface area contributed by atoms with Gasteiger partial charge in [0.1, 0.15) is 11.5 Å². The Hall–Kier alpha value is -0.870. The summed E-state index contributed by atoms with van der Waals surface area (Å²) in [5.74, 6) is 0.820. The molecule has 0 spiro atoms. The van der Waals surface area contributed by atoms with Crippen molar-refractivity contribution >= 4 is 0 Å². The lowest BCUT2D eigenvalue weighted by atomic mass is 9.93. The first-order valence-electron chi connectivity index (χ1n) is 4.78. The quantitative estimate of drug-likeness (QED) is 0.769. The van der Waals surface area contributed by atoms with Crippen LogP contribution in [0.5, 0.6) is 0 Å². The Morgan fingerprint density at radius 2 is 2.21 bits per heavy atom. The number of hydrogen-bond donors (Lipinski definition) is 2. The van der Waals surface area contributed by atoms with Crippen LogP contribution >= 0.6 is 0 Å². The molecule has 1 heterocycles. The molecule has 0 saturated carbocycles. The fourth-order valence-electron chi connectivity index (χ4n) is 1.10. The van der Waals surface area contributed by atoms with Crippen molar-refractivity contribution in [2.45, 2.75) is 38.6 Å². The number of aliphatic hydroxyl groups is 1. The van der Waals surface area contributed by atoms with Gasteiger partial charge in [-0.1, -0.05) is 25.9 Å². The summed E-state index contributed by atoms with van der Waals surface area (Å²) in [5, 5.41) is 12.6. The minimum atomic E-state index is -0.236. The molecule has 0 radical (unpaired) electrons. The molecule has 0 aliphatic carbocycles. The third-order valence-electron chi connectivity index (χ3n) is 2.09. The van der Waals surface area contributed by atoms with Crippen LogP contribution in [0.25, 0.3) is 0 Å². The second-order valence-electron chi connectivity index (χ2n) is 4.48. The first-order chi connectivity index (χ1) is 6.45. The normalized spacial score (nSPS) is 14.4. The molecule has 1 atom stereocenters. The van der Waals surface area contributed by atoms with Gasteiger partial charge in [0.05, 0.1) is 6.04 Å². The van der Waals surface area contributed by atoms with Crippen LogP contribution in [0.15, 0.2) is 10.6 Å². The largest absolute Gasteiger partial charge is 0.396 e. The molecule has 80 valence electrons. The van der Waals surface area contributed by atoms with Gasteiger partial charge in [0.25, 0.3) is 0 Å². The van der Waals surface area contributed by atoms with E-state index >= 15 is 0 Å². The van der Waals surface area contributed by atoms with Crippen LogP contribution in [0.2, 0.25) is 0 Å². The van der Waals surface area contributed by atoms with E-state index in [-0.39, 0.29) is 18.1 Å². The Morgan fingerprint density at radius 3 is 2.64 bits per heavy atom. The van der Waals surface area contributed by atoms with E-state index in [1.54, 1.807) is 0 Å². The molecule has 0 amide bonds. The Balaban J connectivity index is 2.78. The van der Waals surface area contributed by atoms with Gasteiger partial charge >= 0.3 is 0 Å². The van der Waals surface area contributed by atoms with E-state index in [0.29, 0.717) is 12.1 Å². The van der Waals surface area contributed by atoms with Gasteiger partial charge in [0.15, 0.2) is 0 Å². The molecule has 1 aromatic rings. The smallest absolute Gasteiger partial charge is 0.142 e. The van der Waals surface area contributed by atoms with E-state index in [2.05, 4.69) is 25.9 Å². The molecule has 0 aromatic carbocycles. The summed E-state index contributed by atoms with van der Waals surface area (Å²) in [7, 11) is 0. The Bertz CT molecular complexity index is 289. The predicted octanol–water partition coefficient (Wildman–Crippen LogP) is 1.35. The number of hydrogen-bond acceptors (Lipinski definition) is 4. The predicted molar refractivity (Wildman–Crippen MR) is 53.8 cm³/mol. The van der Waals surface area contributed by atoms with Crippen molar-refractivity contribution in [1.82, 2.24) is 5.16 Å². The number of aromatic nitrogens is 1. The molecule has 1 aromatic heterocycles. The number of rotatable bonds is 3. The molecular weight excluding hydrogens is 180 g/mol. The molecule has 0 aliphatic rings. The Labute approximate surface area is 84.1 Å². The zero-order chi connectivity index (χ0) is 10.8. The summed E-state index contributed by atoms with van der Waals surface area (Å²) >= 11 is 0. The summed E-state index contributed by atoms with van der Waals surface area (Å²) in [4.78, 5) is 0. The fourth-order valence-corrected chi connectivity index (χ4v) is 1.10. The van der Waals surface area contributed by atoms with Crippen LogP contribution in [0, 0.1) is 0 Å². The molecule has 0 saturated heterocycles. The van der Waals surface area contributed by atoms with Gasteiger partial charge in [-0.05, 0) is 6.42 Å². The molecule has 3 N–H and O–H groups in total. The molecule has 1 rings (SSSR count). The van der Waals surface area contributed by atoms with Crippen molar-refractivity contribution in [2.24, 2.45) is 5.73 Å². The number of nitrogens with zero attached hydrogens (tertiary/aromatic N) is 1. The Morgan fingerprint density at radius 1 is 1.57 bits per heavy atom. The zero-order valence-electron chi connectivity index (χ0n) is 8.95. The lowest BCUT2D eigenvalue weighted by Gasteiger charge is -2.12. The number of nitrogens with two attached hydrogens (primary N) is 1. The van der Waals surface area contributed by atoms with Crippen molar-refractivity contribution in [3.63, 3.8) is 0 Å². The van der Waals surface area contributed by atoms with Gasteiger partial charge < -0.3 is 15.4 Å². The number of aliphatic hydroxyl groups excluding tert-OH is 1. The lowest BCUT2D eigenvalue weighted by molar-refractivity contribution is 0.272. The van der Waals surface area contributed by atoms with Crippen molar-refractivity contribution in [2.75, 3.05) is 6.61 Å². The van der Waals surface area contributed by atoms with Crippen LogP contribution in [-0.2, 0) is 5.41 Å². The van der Waals surface area contributed by atoms with Crippen molar-refractivity contribution in [3.8, 4) is 0 Å². The lowest BCUT2D eigenvalue weighted by Crippen LogP contribution is -2.12. The van der Waals surface area contributed by atoms with E-state index in [1.165, 1.54) is 0 Å². The highest BCUT2D eigenvalue weighted by Gasteiger charge is 2.21. The SMILES string of the molecule is CC(C)(C)c1cc(C(N)CCO)no1. The maximum atomic E-state index is 8.73. The summed E-state index contributed by atoms with van der Waals surface area (Å²) in [6.07, 6.45) is 0.510. The first-order valence-corrected chi connectivity index (χ1v) is 4.78. The molecule has 14 heavy (non-hydrogen) atoms. The van der Waals surface area contributed by atoms with Gasteiger partial charge in [-0.3, -0.25) is 0 Å². The summed E-state index contributed by atoms with van der Waals surface area (Å²) in [6, 6.07) is 1.63. The topological polar surface area (TPSA) is 72.3 Å². The van der Waals surface area contributed by atoms with Crippen LogP contribution in [0.1, 0.15) is 44.7 Å². The highest BCUT2D eigenvalue weighted by atomic mass is 16.5. The van der Waals surface area contributed by atoms with E-state index in [1.807, 2.05) is 6.07 Å². The molecule has 1 unspecified atom stereocenters. The van der Waals surface area contributed by atoms with Crippen molar-refractivity contribution in [3.05, 3.63) is 17.5 Å². The van der Waals surface area contributed by atoms with E-state index in [4.69, 9.17) is 15.4 Å². The minimum absolute atomic E-state index is 0.0514. The summed E-state index contributed by atoms with van der Waals surface area (Å²) < 4.78 is 5.18. The average molecular weight is 198 g/mol. The molecule has 4 heteroatoms. The van der Waals surface area contributed by atoms with Crippen molar-refractivity contribution < 1.29 is 9.63 Å². The van der Waals surface area contributed by atoms with Gasteiger partial charge in [0.2, 0.25) is 0 Å². The average Bonchev–Trinajstić information content (AvgIpc) is 2.51. The second-order valence-corrected chi connectivity index (χ2v) is 4.48. The molecular formula is C10H18N2O2. The summed E-state index contributed by atoms with van der Waals surface area (Å²) in [6.45, 7) is 6.22. The van der Waals surface area contributed by atoms with Gasteiger partial charge in [-0.15, -0.1) is 0 Å². The fraction of sp³-hybridized carbons (Fsp3) is 0.700.